The zero-order valence-corrected chi connectivity index (χ0v) is 12.5. The van der Waals surface area contributed by atoms with Gasteiger partial charge in [0.1, 0.15) is 11.8 Å². The molecule has 0 aliphatic rings. The van der Waals surface area contributed by atoms with Crippen molar-refractivity contribution < 1.29 is 9.21 Å². The summed E-state index contributed by atoms with van der Waals surface area (Å²) >= 11 is 0. The summed E-state index contributed by atoms with van der Waals surface area (Å²) in [7, 11) is 0. The van der Waals surface area contributed by atoms with E-state index in [-0.39, 0.29) is 11.3 Å². The number of anilines is 1. The lowest BCUT2D eigenvalue weighted by atomic mass is 10.1. The van der Waals surface area contributed by atoms with Crippen molar-refractivity contribution in [3.05, 3.63) is 82.2 Å². The molecule has 116 valence electrons. The fourth-order valence-electron chi connectivity index (χ4n) is 2.19. The number of hydrogen-bond acceptors (Lipinski definition) is 4. The molecule has 24 heavy (non-hydrogen) atoms. The van der Waals surface area contributed by atoms with E-state index in [1.807, 2.05) is 6.07 Å². The van der Waals surface area contributed by atoms with Gasteiger partial charge in [-0.05, 0) is 42.5 Å². The summed E-state index contributed by atoms with van der Waals surface area (Å²) in [6, 6.07) is 15.4. The monoisotopic (exact) mass is 316 g/mol. The van der Waals surface area contributed by atoms with E-state index >= 15 is 0 Å². The molecule has 0 saturated heterocycles. The Hall–Kier alpha value is -3.65. The lowest BCUT2D eigenvalue weighted by Crippen LogP contribution is -2.09. The molecule has 0 atom stereocenters. The fraction of sp³-hybridized carbons (Fsp3) is 0. The predicted octanol–water partition coefficient (Wildman–Crippen LogP) is 3.32. The molecular weight excluding hydrogens is 304 g/mol. The van der Waals surface area contributed by atoms with Gasteiger partial charge in [0, 0.05) is 11.8 Å². The number of carbonyl (C=O) groups excluding carboxylic acids is 1. The minimum atomic E-state index is -0.382. The number of nitrogens with one attached hydrogen (secondary N) is 1. The van der Waals surface area contributed by atoms with Gasteiger partial charge in [0.25, 0.3) is 0 Å². The summed E-state index contributed by atoms with van der Waals surface area (Å²) in [5.41, 5.74) is 1.68. The standard InChI is InChI=1S/C19H12N2O3/c20-11-13-5-8-15(9-6-13)21-18(22)10-7-14-12-24-17-4-2-1-3-16(17)19(14)23/h1-10,12H,(H,21,22)/b10-7+. The number of rotatable bonds is 3. The molecule has 0 spiro atoms. The Bertz CT molecular complexity index is 1020. The zero-order valence-electron chi connectivity index (χ0n) is 12.5. The van der Waals surface area contributed by atoms with Crippen LogP contribution in [0.1, 0.15) is 11.1 Å². The molecule has 0 fully saturated rings. The van der Waals surface area contributed by atoms with Crippen LogP contribution in [-0.2, 0) is 4.79 Å². The SMILES string of the molecule is N#Cc1ccc(NC(=O)/C=C/c2coc3ccccc3c2=O)cc1. The molecule has 1 amide bonds. The molecular formula is C19H12N2O3. The largest absolute Gasteiger partial charge is 0.463 e. The van der Waals surface area contributed by atoms with Gasteiger partial charge in [-0.3, -0.25) is 9.59 Å². The number of benzene rings is 2. The van der Waals surface area contributed by atoms with Crippen molar-refractivity contribution in [2.24, 2.45) is 0 Å². The molecule has 0 aliphatic heterocycles. The van der Waals surface area contributed by atoms with Crippen molar-refractivity contribution in [2.75, 3.05) is 5.32 Å². The molecule has 0 radical (unpaired) electrons. The van der Waals surface area contributed by atoms with E-state index in [2.05, 4.69) is 5.32 Å². The molecule has 1 heterocycles. The molecule has 5 nitrogen and oxygen atoms in total. The number of fused-ring (bicyclic) bond motifs is 1. The highest BCUT2D eigenvalue weighted by Gasteiger charge is 2.04. The molecule has 1 aromatic heterocycles. The predicted molar refractivity (Wildman–Crippen MR) is 91.3 cm³/mol. The molecule has 0 unspecified atom stereocenters. The van der Waals surface area contributed by atoms with Gasteiger partial charge in [0.15, 0.2) is 5.43 Å². The van der Waals surface area contributed by atoms with Crippen molar-refractivity contribution in [3.8, 4) is 6.07 Å². The highest BCUT2D eigenvalue weighted by Crippen LogP contribution is 2.12. The lowest BCUT2D eigenvalue weighted by Gasteiger charge is -2.01. The topological polar surface area (TPSA) is 83.1 Å². The first kappa shape index (κ1) is 15.3. The van der Waals surface area contributed by atoms with Gasteiger partial charge in [-0.2, -0.15) is 5.26 Å². The Morgan fingerprint density at radius 3 is 2.62 bits per heavy atom. The van der Waals surface area contributed by atoms with Crippen LogP contribution in [0.2, 0.25) is 0 Å². The molecule has 0 aliphatic carbocycles. The minimum absolute atomic E-state index is 0.195. The Balaban J connectivity index is 1.77. The van der Waals surface area contributed by atoms with Gasteiger partial charge >= 0.3 is 0 Å². The molecule has 1 N–H and O–H groups in total. The normalized spacial score (nSPS) is 10.6. The highest BCUT2D eigenvalue weighted by molar-refractivity contribution is 6.02. The third-order valence-corrected chi connectivity index (χ3v) is 3.40. The van der Waals surface area contributed by atoms with Crippen LogP contribution in [0.3, 0.4) is 0 Å². The van der Waals surface area contributed by atoms with Gasteiger partial charge in [-0.1, -0.05) is 12.1 Å². The van der Waals surface area contributed by atoms with E-state index in [0.717, 1.165) is 0 Å². The second-order valence-electron chi connectivity index (χ2n) is 5.03. The fourth-order valence-corrected chi connectivity index (χ4v) is 2.19. The van der Waals surface area contributed by atoms with Crippen LogP contribution in [0.25, 0.3) is 17.0 Å². The number of amides is 1. The highest BCUT2D eigenvalue weighted by atomic mass is 16.3. The van der Waals surface area contributed by atoms with Gasteiger partial charge in [0.05, 0.1) is 22.6 Å². The van der Waals surface area contributed by atoms with E-state index in [1.54, 1.807) is 48.5 Å². The third kappa shape index (κ3) is 3.23. The quantitative estimate of drug-likeness (QED) is 0.751. The van der Waals surface area contributed by atoms with E-state index in [9.17, 15) is 9.59 Å². The van der Waals surface area contributed by atoms with Crippen molar-refractivity contribution in [1.29, 1.82) is 5.26 Å². The minimum Gasteiger partial charge on any atom is -0.463 e. The second kappa shape index (κ2) is 6.63. The van der Waals surface area contributed by atoms with E-state index < -0.39 is 0 Å². The van der Waals surface area contributed by atoms with Crippen molar-refractivity contribution in [2.45, 2.75) is 0 Å². The molecule has 3 rings (SSSR count). The zero-order chi connectivity index (χ0) is 16.9. The van der Waals surface area contributed by atoms with Gasteiger partial charge in [0.2, 0.25) is 5.91 Å². The summed E-state index contributed by atoms with van der Waals surface area (Å²) in [5, 5.41) is 11.9. The Labute approximate surface area is 137 Å². The molecule has 5 heteroatoms. The van der Waals surface area contributed by atoms with Crippen LogP contribution in [0.5, 0.6) is 0 Å². The maximum Gasteiger partial charge on any atom is 0.248 e. The van der Waals surface area contributed by atoms with E-state index in [4.69, 9.17) is 9.68 Å². The Morgan fingerprint density at radius 2 is 1.88 bits per heavy atom. The van der Waals surface area contributed by atoms with Crippen LogP contribution < -0.4 is 10.7 Å². The van der Waals surface area contributed by atoms with Crippen LogP contribution in [0.15, 0.2) is 70.1 Å². The lowest BCUT2D eigenvalue weighted by molar-refractivity contribution is -0.111. The average molecular weight is 316 g/mol. The molecule has 0 bridgehead atoms. The van der Waals surface area contributed by atoms with Crippen LogP contribution >= 0.6 is 0 Å². The molecule has 0 saturated carbocycles. The maximum atomic E-state index is 12.3. The summed E-state index contributed by atoms with van der Waals surface area (Å²) in [6.45, 7) is 0. The van der Waals surface area contributed by atoms with Crippen LogP contribution in [0, 0.1) is 11.3 Å². The number of para-hydroxylation sites is 1. The van der Waals surface area contributed by atoms with Gasteiger partial charge in [-0.25, -0.2) is 0 Å². The summed E-state index contributed by atoms with van der Waals surface area (Å²) < 4.78 is 5.39. The van der Waals surface area contributed by atoms with E-state index in [0.29, 0.717) is 27.8 Å². The van der Waals surface area contributed by atoms with Crippen molar-refractivity contribution >= 4 is 28.6 Å². The van der Waals surface area contributed by atoms with Crippen molar-refractivity contribution in [3.63, 3.8) is 0 Å². The van der Waals surface area contributed by atoms with Crippen LogP contribution in [-0.4, -0.2) is 5.91 Å². The number of nitriles is 1. The summed E-state index contributed by atoms with van der Waals surface area (Å²) in [4.78, 5) is 24.2. The van der Waals surface area contributed by atoms with E-state index in [1.165, 1.54) is 18.4 Å². The number of hydrogen-bond donors (Lipinski definition) is 1. The molecule has 2 aromatic carbocycles. The van der Waals surface area contributed by atoms with Crippen molar-refractivity contribution in [1.82, 2.24) is 0 Å². The Morgan fingerprint density at radius 1 is 1.12 bits per heavy atom. The average Bonchev–Trinajstić information content (AvgIpc) is 2.62. The smallest absolute Gasteiger partial charge is 0.248 e. The number of carbonyl (C=O) groups is 1. The maximum absolute atomic E-state index is 12.3. The first-order valence-electron chi connectivity index (χ1n) is 7.17. The molecule has 3 aromatic rings. The second-order valence-corrected chi connectivity index (χ2v) is 5.03. The summed E-state index contributed by atoms with van der Waals surface area (Å²) in [5.74, 6) is -0.382. The summed E-state index contributed by atoms with van der Waals surface area (Å²) in [6.07, 6.45) is 4.01. The third-order valence-electron chi connectivity index (χ3n) is 3.40. The van der Waals surface area contributed by atoms with Gasteiger partial charge < -0.3 is 9.73 Å². The number of nitrogens with zero attached hydrogens (tertiary/aromatic N) is 1. The first-order chi connectivity index (χ1) is 11.7. The first-order valence-corrected chi connectivity index (χ1v) is 7.17. The Kier molecular flexibility index (Phi) is 4.21. The van der Waals surface area contributed by atoms with Crippen LogP contribution in [0.4, 0.5) is 5.69 Å². The van der Waals surface area contributed by atoms with Gasteiger partial charge in [-0.15, -0.1) is 0 Å².